The van der Waals surface area contributed by atoms with E-state index < -0.39 is 17.9 Å². The molecule has 0 spiro atoms. The molecule has 0 aliphatic rings. The minimum Gasteiger partial charge on any atom is -0.480 e. The summed E-state index contributed by atoms with van der Waals surface area (Å²) in [5.74, 6) is -2.02. The summed E-state index contributed by atoms with van der Waals surface area (Å²) in [6.45, 7) is 1.82. The van der Waals surface area contributed by atoms with Crippen LogP contribution in [0, 0.1) is 0 Å². The standard InChI is InChI=1S/C23H40N2O5/c1-19(26)15-13-11-9-7-5-3-2-4-6-8-10-12-14-16-22(28)25-20(23(29)30)17-18-21(24)27/h2-3,7,9,19-20,26H,4-6,8,10-18H2,1H3,(H2,24,27)(H,25,28)(H,29,30)/b3-2-,9-7-/t19-,20-/m0/s1. The zero-order valence-corrected chi connectivity index (χ0v) is 18.4. The molecule has 0 aromatic heterocycles. The van der Waals surface area contributed by atoms with Crippen molar-refractivity contribution in [3.8, 4) is 0 Å². The maximum absolute atomic E-state index is 11.8. The Morgan fingerprint density at radius 3 is 2.07 bits per heavy atom. The number of aliphatic hydroxyl groups excluding tert-OH is 1. The van der Waals surface area contributed by atoms with Gasteiger partial charge in [0.15, 0.2) is 0 Å². The zero-order chi connectivity index (χ0) is 22.6. The highest BCUT2D eigenvalue weighted by Crippen LogP contribution is 2.09. The number of hydrogen-bond acceptors (Lipinski definition) is 4. The van der Waals surface area contributed by atoms with Crippen LogP contribution in [0.15, 0.2) is 24.3 Å². The first kappa shape index (κ1) is 27.8. The lowest BCUT2D eigenvalue weighted by Gasteiger charge is -2.13. The lowest BCUT2D eigenvalue weighted by molar-refractivity contribution is -0.142. The van der Waals surface area contributed by atoms with Crippen LogP contribution in [0.25, 0.3) is 0 Å². The number of nitrogens with two attached hydrogens (primary N) is 1. The lowest BCUT2D eigenvalue weighted by atomic mass is 10.1. The van der Waals surface area contributed by atoms with Crippen LogP contribution >= 0.6 is 0 Å². The highest BCUT2D eigenvalue weighted by molar-refractivity contribution is 5.84. The van der Waals surface area contributed by atoms with Crippen LogP contribution in [-0.4, -0.2) is 40.1 Å². The molecule has 172 valence electrons. The van der Waals surface area contributed by atoms with Crippen molar-refractivity contribution >= 4 is 17.8 Å². The SMILES string of the molecule is C[C@H](O)CCC/C=C\C/C=C\CCCCCCCC(=O)N[C@@H](CCC(N)=O)C(=O)O. The molecular formula is C23H40N2O5. The summed E-state index contributed by atoms with van der Waals surface area (Å²) in [7, 11) is 0. The Hall–Kier alpha value is -2.15. The average molecular weight is 425 g/mol. The van der Waals surface area contributed by atoms with Crippen LogP contribution in [-0.2, 0) is 14.4 Å². The van der Waals surface area contributed by atoms with Gasteiger partial charge in [0.1, 0.15) is 6.04 Å². The average Bonchev–Trinajstić information content (AvgIpc) is 2.67. The summed E-state index contributed by atoms with van der Waals surface area (Å²) in [4.78, 5) is 33.7. The molecular weight excluding hydrogens is 384 g/mol. The number of nitrogens with one attached hydrogen (secondary N) is 1. The van der Waals surface area contributed by atoms with Crippen LogP contribution in [0.2, 0.25) is 0 Å². The van der Waals surface area contributed by atoms with Crippen molar-refractivity contribution in [2.24, 2.45) is 5.73 Å². The van der Waals surface area contributed by atoms with Gasteiger partial charge in [-0.25, -0.2) is 4.79 Å². The van der Waals surface area contributed by atoms with E-state index in [4.69, 9.17) is 15.9 Å². The highest BCUT2D eigenvalue weighted by atomic mass is 16.4. The van der Waals surface area contributed by atoms with Gasteiger partial charge in [-0.15, -0.1) is 0 Å². The van der Waals surface area contributed by atoms with E-state index >= 15 is 0 Å². The Balaban J connectivity index is 3.61. The van der Waals surface area contributed by atoms with Crippen LogP contribution in [0.1, 0.15) is 90.4 Å². The molecule has 0 aliphatic heterocycles. The topological polar surface area (TPSA) is 130 Å². The van der Waals surface area contributed by atoms with E-state index in [9.17, 15) is 14.4 Å². The minimum atomic E-state index is -1.15. The molecule has 0 aliphatic carbocycles. The van der Waals surface area contributed by atoms with Crippen molar-refractivity contribution in [1.29, 1.82) is 0 Å². The third kappa shape index (κ3) is 19.2. The predicted molar refractivity (Wildman–Crippen MR) is 119 cm³/mol. The third-order valence-electron chi connectivity index (χ3n) is 4.69. The number of hydrogen-bond donors (Lipinski definition) is 4. The minimum absolute atomic E-state index is 0.0166. The summed E-state index contributed by atoms with van der Waals surface area (Å²) in [6, 6.07) is -1.06. The Kier molecular flexibility index (Phi) is 17.5. The Morgan fingerprint density at radius 1 is 0.867 bits per heavy atom. The monoisotopic (exact) mass is 424 g/mol. The molecule has 0 fully saturated rings. The van der Waals surface area contributed by atoms with Gasteiger partial charge in [0, 0.05) is 12.8 Å². The fraction of sp³-hybridized carbons (Fsp3) is 0.696. The van der Waals surface area contributed by atoms with Gasteiger partial charge in [-0.3, -0.25) is 9.59 Å². The van der Waals surface area contributed by atoms with Crippen LogP contribution < -0.4 is 11.1 Å². The number of allylic oxidation sites excluding steroid dienone is 4. The van der Waals surface area contributed by atoms with Gasteiger partial charge in [-0.05, 0) is 58.3 Å². The number of amides is 2. The maximum Gasteiger partial charge on any atom is 0.326 e. The highest BCUT2D eigenvalue weighted by Gasteiger charge is 2.20. The summed E-state index contributed by atoms with van der Waals surface area (Å²) in [5.41, 5.74) is 5.02. The van der Waals surface area contributed by atoms with Crippen molar-refractivity contribution in [3.63, 3.8) is 0 Å². The quantitative estimate of drug-likeness (QED) is 0.186. The van der Waals surface area contributed by atoms with Gasteiger partial charge in [0.2, 0.25) is 11.8 Å². The number of primary amides is 1. The number of aliphatic hydroxyl groups is 1. The molecule has 0 aromatic carbocycles. The first-order valence-electron chi connectivity index (χ1n) is 11.1. The van der Waals surface area contributed by atoms with E-state index in [1.165, 1.54) is 0 Å². The number of unbranched alkanes of at least 4 members (excludes halogenated alkanes) is 6. The fourth-order valence-electron chi connectivity index (χ4n) is 2.93. The van der Waals surface area contributed by atoms with Gasteiger partial charge in [-0.2, -0.15) is 0 Å². The molecule has 0 radical (unpaired) electrons. The number of rotatable bonds is 19. The smallest absolute Gasteiger partial charge is 0.326 e. The number of carbonyl (C=O) groups excluding carboxylic acids is 2. The number of carbonyl (C=O) groups is 3. The molecule has 2 amide bonds. The van der Waals surface area contributed by atoms with E-state index in [-0.39, 0.29) is 24.9 Å². The van der Waals surface area contributed by atoms with Crippen LogP contribution in [0.4, 0.5) is 0 Å². The van der Waals surface area contributed by atoms with E-state index in [0.717, 1.165) is 64.2 Å². The molecule has 0 rings (SSSR count). The molecule has 0 unspecified atom stereocenters. The predicted octanol–water partition coefficient (Wildman–Crippen LogP) is 3.61. The van der Waals surface area contributed by atoms with Crippen molar-refractivity contribution < 1.29 is 24.6 Å². The molecule has 0 saturated heterocycles. The second kappa shape index (κ2) is 18.9. The molecule has 7 heteroatoms. The summed E-state index contributed by atoms with van der Waals surface area (Å²) >= 11 is 0. The summed E-state index contributed by atoms with van der Waals surface area (Å²) in [6.07, 6.45) is 18.6. The van der Waals surface area contributed by atoms with Crippen LogP contribution in [0.5, 0.6) is 0 Å². The second-order valence-corrected chi connectivity index (χ2v) is 7.73. The lowest BCUT2D eigenvalue weighted by Crippen LogP contribution is -2.41. The molecule has 2 atom stereocenters. The first-order valence-corrected chi connectivity index (χ1v) is 11.1. The Labute approximate surface area is 180 Å². The number of carboxylic acids is 1. The van der Waals surface area contributed by atoms with Gasteiger partial charge in [0.05, 0.1) is 6.10 Å². The molecule has 30 heavy (non-hydrogen) atoms. The van der Waals surface area contributed by atoms with E-state index in [2.05, 4.69) is 29.6 Å². The van der Waals surface area contributed by atoms with E-state index in [1.807, 2.05) is 6.92 Å². The molecule has 0 aromatic rings. The van der Waals surface area contributed by atoms with E-state index in [1.54, 1.807) is 0 Å². The Morgan fingerprint density at radius 2 is 1.47 bits per heavy atom. The first-order chi connectivity index (χ1) is 14.3. The van der Waals surface area contributed by atoms with Gasteiger partial charge >= 0.3 is 5.97 Å². The van der Waals surface area contributed by atoms with Gasteiger partial charge in [-0.1, -0.05) is 43.6 Å². The Bertz CT molecular complexity index is 544. The van der Waals surface area contributed by atoms with Gasteiger partial charge < -0.3 is 21.3 Å². The third-order valence-corrected chi connectivity index (χ3v) is 4.69. The molecule has 0 bridgehead atoms. The number of aliphatic carboxylic acids is 1. The fourth-order valence-corrected chi connectivity index (χ4v) is 2.93. The summed E-state index contributed by atoms with van der Waals surface area (Å²) < 4.78 is 0. The molecule has 5 N–H and O–H groups in total. The second-order valence-electron chi connectivity index (χ2n) is 7.73. The zero-order valence-electron chi connectivity index (χ0n) is 18.4. The molecule has 7 nitrogen and oxygen atoms in total. The normalized spacial score (nSPS) is 13.5. The summed E-state index contributed by atoms with van der Waals surface area (Å²) in [5, 5.41) is 20.7. The van der Waals surface area contributed by atoms with Crippen molar-refractivity contribution in [2.45, 2.75) is 103 Å². The molecule has 0 saturated carbocycles. The maximum atomic E-state index is 11.8. The van der Waals surface area contributed by atoms with E-state index in [0.29, 0.717) is 6.42 Å². The van der Waals surface area contributed by atoms with Crippen molar-refractivity contribution in [2.75, 3.05) is 0 Å². The van der Waals surface area contributed by atoms with Crippen molar-refractivity contribution in [3.05, 3.63) is 24.3 Å². The van der Waals surface area contributed by atoms with Crippen molar-refractivity contribution in [1.82, 2.24) is 5.32 Å². The van der Waals surface area contributed by atoms with Crippen LogP contribution in [0.3, 0.4) is 0 Å². The largest absolute Gasteiger partial charge is 0.480 e. The molecule has 0 heterocycles. The van der Waals surface area contributed by atoms with Gasteiger partial charge in [0.25, 0.3) is 0 Å². The number of carboxylic acid groups (broad SMARTS) is 1.